The number of anilines is 1. The molecule has 20 heavy (non-hydrogen) atoms. The molecule has 3 heteroatoms. The van der Waals surface area contributed by atoms with Crippen molar-refractivity contribution in [2.75, 3.05) is 39.1 Å². The van der Waals surface area contributed by atoms with Crippen molar-refractivity contribution in [2.24, 2.45) is 5.92 Å². The van der Waals surface area contributed by atoms with Crippen molar-refractivity contribution < 1.29 is 0 Å². The lowest BCUT2D eigenvalue weighted by Gasteiger charge is -2.34. The summed E-state index contributed by atoms with van der Waals surface area (Å²) in [6.45, 7) is 5.79. The number of rotatable bonds is 5. The van der Waals surface area contributed by atoms with Gasteiger partial charge >= 0.3 is 0 Å². The van der Waals surface area contributed by atoms with Crippen LogP contribution >= 0.6 is 0 Å². The first-order chi connectivity index (χ1) is 9.56. The molecule has 3 nitrogen and oxygen atoms in total. The summed E-state index contributed by atoms with van der Waals surface area (Å²) < 4.78 is 0. The molecule has 0 aromatic heterocycles. The molecule has 112 valence electrons. The Hall–Kier alpha value is -1.06. The SMILES string of the molecule is CC(NCc1ccc(N(C)C)cc1)C1CCCN(C)C1. The molecule has 1 aromatic rings. The smallest absolute Gasteiger partial charge is 0.0361 e. The van der Waals surface area contributed by atoms with Gasteiger partial charge in [0, 0.05) is 38.9 Å². The Balaban J connectivity index is 1.82. The number of hydrogen-bond donors (Lipinski definition) is 1. The van der Waals surface area contributed by atoms with E-state index in [-0.39, 0.29) is 0 Å². The van der Waals surface area contributed by atoms with E-state index in [1.807, 2.05) is 0 Å². The lowest BCUT2D eigenvalue weighted by atomic mass is 9.92. The minimum absolute atomic E-state index is 0.589. The van der Waals surface area contributed by atoms with Crippen molar-refractivity contribution in [1.82, 2.24) is 10.2 Å². The number of hydrogen-bond acceptors (Lipinski definition) is 3. The quantitative estimate of drug-likeness (QED) is 0.891. The highest BCUT2D eigenvalue weighted by Gasteiger charge is 2.22. The fourth-order valence-electron chi connectivity index (χ4n) is 2.97. The summed E-state index contributed by atoms with van der Waals surface area (Å²) in [6, 6.07) is 9.42. The molecule has 1 saturated heterocycles. The molecule has 2 atom stereocenters. The average molecular weight is 275 g/mol. The van der Waals surface area contributed by atoms with Crippen molar-refractivity contribution in [3.8, 4) is 0 Å². The van der Waals surface area contributed by atoms with Gasteiger partial charge in [0.25, 0.3) is 0 Å². The van der Waals surface area contributed by atoms with Gasteiger partial charge in [-0.25, -0.2) is 0 Å². The van der Waals surface area contributed by atoms with Crippen molar-refractivity contribution in [1.29, 1.82) is 0 Å². The molecule has 0 bridgehead atoms. The van der Waals surface area contributed by atoms with E-state index in [2.05, 4.69) is 67.4 Å². The fraction of sp³-hybridized carbons (Fsp3) is 0.647. The Kier molecular flexibility index (Phi) is 5.44. The van der Waals surface area contributed by atoms with Crippen LogP contribution in [0.4, 0.5) is 5.69 Å². The lowest BCUT2D eigenvalue weighted by Crippen LogP contribution is -2.42. The molecule has 1 aliphatic rings. The number of benzene rings is 1. The van der Waals surface area contributed by atoms with Crippen molar-refractivity contribution >= 4 is 5.69 Å². The second kappa shape index (κ2) is 7.09. The molecule has 1 aliphatic heterocycles. The van der Waals surface area contributed by atoms with Gasteiger partial charge in [-0.3, -0.25) is 0 Å². The molecule has 0 amide bonds. The van der Waals surface area contributed by atoms with Crippen LogP contribution in [0.5, 0.6) is 0 Å². The Morgan fingerprint density at radius 1 is 1.30 bits per heavy atom. The van der Waals surface area contributed by atoms with Crippen LogP contribution in [0.25, 0.3) is 0 Å². The molecule has 0 radical (unpaired) electrons. The second-order valence-electron chi connectivity index (χ2n) is 6.40. The zero-order valence-electron chi connectivity index (χ0n) is 13.4. The van der Waals surface area contributed by atoms with E-state index in [1.54, 1.807) is 0 Å². The molecule has 2 rings (SSSR count). The van der Waals surface area contributed by atoms with E-state index in [4.69, 9.17) is 0 Å². The predicted octanol–water partition coefficient (Wildman–Crippen LogP) is 2.57. The van der Waals surface area contributed by atoms with Gasteiger partial charge in [0.2, 0.25) is 0 Å². The van der Waals surface area contributed by atoms with Crippen LogP contribution in [0.15, 0.2) is 24.3 Å². The summed E-state index contributed by atoms with van der Waals surface area (Å²) in [5, 5.41) is 3.70. The van der Waals surface area contributed by atoms with Gasteiger partial charge in [0.15, 0.2) is 0 Å². The topological polar surface area (TPSA) is 18.5 Å². The molecule has 0 saturated carbocycles. The van der Waals surface area contributed by atoms with Gasteiger partial charge in [-0.1, -0.05) is 12.1 Å². The fourth-order valence-corrected chi connectivity index (χ4v) is 2.97. The maximum atomic E-state index is 3.70. The first-order valence-electron chi connectivity index (χ1n) is 7.74. The maximum Gasteiger partial charge on any atom is 0.0361 e. The maximum absolute atomic E-state index is 3.70. The third kappa shape index (κ3) is 4.22. The Bertz CT molecular complexity index is 399. The van der Waals surface area contributed by atoms with E-state index in [0.717, 1.165) is 12.5 Å². The normalized spacial score (nSPS) is 21.7. The standard InChI is InChI=1S/C17H29N3/c1-14(16-6-5-11-20(4)13-16)18-12-15-7-9-17(10-8-15)19(2)3/h7-10,14,16,18H,5-6,11-13H2,1-4H3. The highest BCUT2D eigenvalue weighted by Crippen LogP contribution is 2.19. The molecule has 1 N–H and O–H groups in total. The Labute approximate surface area is 124 Å². The van der Waals surface area contributed by atoms with Gasteiger partial charge < -0.3 is 15.1 Å². The summed E-state index contributed by atoms with van der Waals surface area (Å²) in [5.41, 5.74) is 2.63. The molecular formula is C17H29N3. The van der Waals surface area contributed by atoms with Crippen molar-refractivity contribution in [3.63, 3.8) is 0 Å². The number of piperidine rings is 1. The first kappa shape index (κ1) is 15.3. The summed E-state index contributed by atoms with van der Waals surface area (Å²) in [7, 11) is 6.39. The Morgan fingerprint density at radius 2 is 2.00 bits per heavy atom. The monoisotopic (exact) mass is 275 g/mol. The van der Waals surface area contributed by atoms with E-state index in [9.17, 15) is 0 Å². The predicted molar refractivity (Wildman–Crippen MR) is 87.3 cm³/mol. The highest BCUT2D eigenvalue weighted by atomic mass is 15.1. The summed E-state index contributed by atoms with van der Waals surface area (Å²) in [6.07, 6.45) is 2.70. The van der Waals surface area contributed by atoms with Crippen LogP contribution in [-0.2, 0) is 6.54 Å². The summed E-state index contributed by atoms with van der Waals surface area (Å²) >= 11 is 0. The molecule has 1 aromatic carbocycles. The largest absolute Gasteiger partial charge is 0.378 e. The van der Waals surface area contributed by atoms with Crippen molar-refractivity contribution in [3.05, 3.63) is 29.8 Å². The van der Waals surface area contributed by atoms with Gasteiger partial charge in [-0.05, 0) is 57.0 Å². The van der Waals surface area contributed by atoms with Crippen LogP contribution < -0.4 is 10.2 Å². The van der Waals surface area contributed by atoms with Crippen molar-refractivity contribution in [2.45, 2.75) is 32.4 Å². The van der Waals surface area contributed by atoms with E-state index in [1.165, 1.54) is 37.2 Å². The summed E-state index contributed by atoms with van der Waals surface area (Å²) in [5.74, 6) is 0.787. The molecule has 1 heterocycles. The van der Waals surface area contributed by atoms with Crippen LogP contribution in [0.2, 0.25) is 0 Å². The second-order valence-corrected chi connectivity index (χ2v) is 6.40. The molecule has 2 unspecified atom stereocenters. The molecular weight excluding hydrogens is 246 g/mol. The minimum Gasteiger partial charge on any atom is -0.378 e. The van der Waals surface area contributed by atoms with E-state index < -0.39 is 0 Å². The van der Waals surface area contributed by atoms with E-state index >= 15 is 0 Å². The lowest BCUT2D eigenvalue weighted by molar-refractivity contribution is 0.178. The zero-order chi connectivity index (χ0) is 14.5. The Morgan fingerprint density at radius 3 is 2.60 bits per heavy atom. The van der Waals surface area contributed by atoms with E-state index in [0.29, 0.717) is 6.04 Å². The van der Waals surface area contributed by atoms with Gasteiger partial charge in [-0.2, -0.15) is 0 Å². The van der Waals surface area contributed by atoms with Crippen LogP contribution in [0.1, 0.15) is 25.3 Å². The summed E-state index contributed by atoms with van der Waals surface area (Å²) in [4.78, 5) is 4.59. The first-order valence-corrected chi connectivity index (χ1v) is 7.74. The number of likely N-dealkylation sites (tertiary alicyclic amines) is 1. The van der Waals surface area contributed by atoms with Gasteiger partial charge in [0.1, 0.15) is 0 Å². The molecule has 0 spiro atoms. The van der Waals surface area contributed by atoms with Crippen LogP contribution in [0.3, 0.4) is 0 Å². The molecule has 1 fully saturated rings. The molecule has 0 aliphatic carbocycles. The zero-order valence-corrected chi connectivity index (χ0v) is 13.4. The van der Waals surface area contributed by atoms with Gasteiger partial charge in [-0.15, -0.1) is 0 Å². The number of nitrogens with one attached hydrogen (secondary N) is 1. The van der Waals surface area contributed by atoms with Gasteiger partial charge in [0.05, 0.1) is 0 Å². The average Bonchev–Trinajstić information content (AvgIpc) is 2.45. The highest BCUT2D eigenvalue weighted by molar-refractivity contribution is 5.45. The third-order valence-electron chi connectivity index (χ3n) is 4.45. The number of nitrogens with zero attached hydrogens (tertiary/aromatic N) is 2. The van der Waals surface area contributed by atoms with Crippen LogP contribution in [-0.4, -0.2) is 45.2 Å². The minimum atomic E-state index is 0.589. The third-order valence-corrected chi connectivity index (χ3v) is 4.45. The van der Waals surface area contributed by atoms with Crippen LogP contribution in [0, 0.1) is 5.92 Å².